The van der Waals surface area contributed by atoms with E-state index in [2.05, 4.69) is 20.7 Å². The normalized spacial score (nSPS) is 10.3. The summed E-state index contributed by atoms with van der Waals surface area (Å²) in [5, 5.41) is 9.39. The van der Waals surface area contributed by atoms with Crippen LogP contribution in [0.4, 0.5) is 14.9 Å². The van der Waals surface area contributed by atoms with Gasteiger partial charge in [0, 0.05) is 18.8 Å². The fraction of sp³-hybridized carbons (Fsp3) is 0.118. The zero-order valence-electron chi connectivity index (χ0n) is 13.4. The Morgan fingerprint density at radius 1 is 1.24 bits per heavy atom. The van der Waals surface area contributed by atoms with E-state index in [1.807, 2.05) is 6.07 Å². The first-order chi connectivity index (χ1) is 12.2. The molecule has 0 bridgehead atoms. The van der Waals surface area contributed by atoms with Gasteiger partial charge in [-0.2, -0.15) is 5.10 Å². The Morgan fingerprint density at radius 2 is 2.08 bits per heavy atom. The highest BCUT2D eigenvalue weighted by atomic mass is 19.1. The van der Waals surface area contributed by atoms with Crippen molar-refractivity contribution in [3.05, 3.63) is 66.4 Å². The lowest BCUT2D eigenvalue weighted by Gasteiger charge is -2.06. The number of rotatable bonds is 5. The van der Waals surface area contributed by atoms with Gasteiger partial charge in [0.2, 0.25) is 5.88 Å². The average Bonchev–Trinajstić information content (AvgIpc) is 3.09. The molecular weight excluding hydrogens is 325 g/mol. The topological polar surface area (TPSA) is 81.1 Å². The minimum Gasteiger partial charge on any atom is -0.481 e. The number of nitrogens with zero attached hydrogens (tertiary/aromatic N) is 3. The molecule has 2 aromatic heterocycles. The van der Waals surface area contributed by atoms with E-state index in [0.717, 1.165) is 5.56 Å². The van der Waals surface area contributed by atoms with Crippen molar-refractivity contribution in [1.82, 2.24) is 20.1 Å². The highest BCUT2D eigenvalue weighted by Crippen LogP contribution is 2.14. The van der Waals surface area contributed by atoms with Crippen molar-refractivity contribution >= 4 is 11.7 Å². The van der Waals surface area contributed by atoms with Crippen LogP contribution in [0.15, 0.2) is 55.0 Å². The summed E-state index contributed by atoms with van der Waals surface area (Å²) in [6.45, 7) is 0.310. The summed E-state index contributed by atoms with van der Waals surface area (Å²) in [5.74, 6) is 0.113. The molecule has 0 fully saturated rings. The van der Waals surface area contributed by atoms with Crippen LogP contribution in [0.25, 0.3) is 5.69 Å². The van der Waals surface area contributed by atoms with Crippen molar-refractivity contribution in [2.24, 2.45) is 0 Å². The molecule has 0 aliphatic rings. The summed E-state index contributed by atoms with van der Waals surface area (Å²) in [4.78, 5) is 16.0. The predicted octanol–water partition coefficient (Wildman–Crippen LogP) is 2.74. The minimum atomic E-state index is -0.399. The Balaban J connectivity index is 1.57. The predicted molar refractivity (Wildman–Crippen MR) is 90.2 cm³/mol. The molecule has 2 amide bonds. The molecule has 0 aliphatic carbocycles. The minimum absolute atomic E-state index is 0.306. The highest BCUT2D eigenvalue weighted by molar-refractivity contribution is 5.88. The summed E-state index contributed by atoms with van der Waals surface area (Å²) in [6.07, 6.45) is 4.60. The fourth-order valence-electron chi connectivity index (χ4n) is 2.15. The first-order valence-electron chi connectivity index (χ1n) is 7.49. The number of amides is 2. The first-order valence-corrected chi connectivity index (χ1v) is 7.49. The number of benzene rings is 1. The molecule has 0 aliphatic heterocycles. The Kier molecular flexibility index (Phi) is 4.89. The molecule has 3 rings (SSSR count). The number of anilines is 1. The summed E-state index contributed by atoms with van der Waals surface area (Å²) in [5.41, 5.74) is 1.59. The number of methoxy groups -OCH3 is 1. The van der Waals surface area contributed by atoms with Crippen LogP contribution < -0.4 is 15.4 Å². The zero-order valence-corrected chi connectivity index (χ0v) is 13.4. The van der Waals surface area contributed by atoms with Gasteiger partial charge in [0.15, 0.2) is 0 Å². The number of aromatic nitrogens is 3. The van der Waals surface area contributed by atoms with Gasteiger partial charge in [-0.15, -0.1) is 0 Å². The fourth-order valence-corrected chi connectivity index (χ4v) is 2.15. The van der Waals surface area contributed by atoms with E-state index < -0.39 is 11.8 Å². The van der Waals surface area contributed by atoms with Crippen molar-refractivity contribution in [3.8, 4) is 11.6 Å². The average molecular weight is 341 g/mol. The van der Waals surface area contributed by atoms with Gasteiger partial charge in [0.05, 0.1) is 25.2 Å². The molecule has 8 heteroatoms. The van der Waals surface area contributed by atoms with Crippen molar-refractivity contribution in [2.45, 2.75) is 6.54 Å². The van der Waals surface area contributed by atoms with Crippen LogP contribution in [0.3, 0.4) is 0 Å². The van der Waals surface area contributed by atoms with Gasteiger partial charge in [0.1, 0.15) is 11.5 Å². The Labute approximate surface area is 143 Å². The molecule has 25 heavy (non-hydrogen) atoms. The largest absolute Gasteiger partial charge is 0.481 e. The van der Waals surface area contributed by atoms with Gasteiger partial charge in [-0.25, -0.2) is 18.9 Å². The lowest BCUT2D eigenvalue weighted by atomic mass is 10.3. The maximum absolute atomic E-state index is 13.7. The third-order valence-corrected chi connectivity index (χ3v) is 3.40. The lowest BCUT2D eigenvalue weighted by molar-refractivity contribution is 0.251. The molecule has 1 aromatic carbocycles. The van der Waals surface area contributed by atoms with Crippen molar-refractivity contribution in [1.29, 1.82) is 0 Å². The molecular formula is C17H16FN5O2. The van der Waals surface area contributed by atoms with Crippen LogP contribution >= 0.6 is 0 Å². The smallest absolute Gasteiger partial charge is 0.319 e. The number of para-hydroxylation sites is 1. The van der Waals surface area contributed by atoms with Gasteiger partial charge in [-0.05, 0) is 17.7 Å². The Hall–Kier alpha value is -3.42. The van der Waals surface area contributed by atoms with Crippen LogP contribution in [0, 0.1) is 5.82 Å². The third-order valence-electron chi connectivity index (χ3n) is 3.40. The molecule has 7 nitrogen and oxygen atoms in total. The van der Waals surface area contributed by atoms with Gasteiger partial charge >= 0.3 is 6.03 Å². The van der Waals surface area contributed by atoms with Crippen LogP contribution in [0.1, 0.15) is 5.56 Å². The molecule has 0 atom stereocenters. The van der Waals surface area contributed by atoms with Crippen molar-refractivity contribution in [3.63, 3.8) is 0 Å². The molecule has 0 saturated heterocycles. The number of urea groups is 1. The molecule has 3 aromatic rings. The second kappa shape index (κ2) is 7.43. The summed E-state index contributed by atoms with van der Waals surface area (Å²) in [7, 11) is 1.54. The van der Waals surface area contributed by atoms with Crippen LogP contribution in [0.2, 0.25) is 0 Å². The number of hydrogen-bond donors (Lipinski definition) is 2. The standard InChI is InChI=1S/C17H16FN5O2/c1-25-16-7-6-12(8-19-16)9-20-17(24)22-13-10-21-23(11-13)15-5-3-2-4-14(15)18/h2-8,10-11H,9H2,1H3,(H2,20,22,24). The number of carbonyl (C=O) groups excluding carboxylic acids is 1. The second-order valence-corrected chi connectivity index (χ2v) is 5.14. The number of nitrogens with one attached hydrogen (secondary N) is 2. The SMILES string of the molecule is COc1ccc(CNC(=O)Nc2cnn(-c3ccccc3F)c2)cn1. The van der Waals surface area contributed by atoms with E-state index in [-0.39, 0.29) is 0 Å². The second-order valence-electron chi connectivity index (χ2n) is 5.14. The first kappa shape index (κ1) is 16.4. The van der Waals surface area contributed by atoms with Gasteiger partial charge < -0.3 is 15.4 Å². The van der Waals surface area contributed by atoms with E-state index in [0.29, 0.717) is 23.8 Å². The summed E-state index contributed by atoms with van der Waals surface area (Å²) >= 11 is 0. The molecule has 2 heterocycles. The lowest BCUT2D eigenvalue weighted by Crippen LogP contribution is -2.28. The maximum atomic E-state index is 13.7. The van der Waals surface area contributed by atoms with Crippen molar-refractivity contribution < 1.29 is 13.9 Å². The summed E-state index contributed by atoms with van der Waals surface area (Å²) in [6, 6.07) is 9.38. The molecule has 0 saturated carbocycles. The highest BCUT2D eigenvalue weighted by Gasteiger charge is 2.08. The number of pyridine rings is 1. The van der Waals surface area contributed by atoms with Crippen LogP contribution in [0.5, 0.6) is 5.88 Å². The molecule has 0 radical (unpaired) electrons. The maximum Gasteiger partial charge on any atom is 0.319 e. The van der Waals surface area contributed by atoms with Crippen molar-refractivity contribution in [2.75, 3.05) is 12.4 Å². The molecule has 128 valence electrons. The monoisotopic (exact) mass is 341 g/mol. The van der Waals surface area contributed by atoms with Gasteiger partial charge in [-0.3, -0.25) is 0 Å². The molecule has 0 spiro atoms. The van der Waals surface area contributed by atoms with Crippen LogP contribution in [-0.4, -0.2) is 27.9 Å². The van der Waals surface area contributed by atoms with E-state index >= 15 is 0 Å². The van der Waals surface area contributed by atoms with E-state index in [1.165, 1.54) is 30.3 Å². The molecule has 2 N–H and O–H groups in total. The summed E-state index contributed by atoms with van der Waals surface area (Å²) < 4.78 is 20.1. The molecule has 0 unspecified atom stereocenters. The Morgan fingerprint density at radius 3 is 2.80 bits per heavy atom. The number of hydrogen-bond acceptors (Lipinski definition) is 4. The quantitative estimate of drug-likeness (QED) is 0.748. The van der Waals surface area contributed by atoms with E-state index in [9.17, 15) is 9.18 Å². The van der Waals surface area contributed by atoms with Gasteiger partial charge in [0.25, 0.3) is 0 Å². The third kappa shape index (κ3) is 4.11. The Bertz CT molecular complexity index is 863. The number of halogens is 1. The van der Waals surface area contributed by atoms with Crippen LogP contribution in [-0.2, 0) is 6.54 Å². The zero-order chi connectivity index (χ0) is 17.6. The number of carbonyl (C=O) groups is 1. The number of ether oxygens (including phenoxy) is 1. The van der Waals surface area contributed by atoms with E-state index in [1.54, 1.807) is 30.5 Å². The van der Waals surface area contributed by atoms with E-state index in [4.69, 9.17) is 4.74 Å². The van der Waals surface area contributed by atoms with Gasteiger partial charge in [-0.1, -0.05) is 18.2 Å².